The monoisotopic (exact) mass is 642 g/mol. The van der Waals surface area contributed by atoms with Crippen molar-refractivity contribution in [2.75, 3.05) is 55.7 Å². The minimum Gasteiger partial charge on any atom is -0.497 e. The summed E-state index contributed by atoms with van der Waals surface area (Å²) >= 11 is 0. The summed E-state index contributed by atoms with van der Waals surface area (Å²) in [4.78, 5) is 34.4. The fourth-order valence-corrected chi connectivity index (χ4v) is 7.40. The molecule has 242 valence electrons. The fourth-order valence-electron chi connectivity index (χ4n) is 7.40. The number of nitrogens with zero attached hydrogens (tertiary/aromatic N) is 2. The molecule has 3 heterocycles. The zero-order valence-corrected chi connectivity index (χ0v) is 27.1. The molecule has 5 atom stereocenters. The second kappa shape index (κ2) is 13.2. The smallest absolute Gasteiger partial charge is 0.338 e. The molecule has 45 heavy (non-hydrogen) atoms. The van der Waals surface area contributed by atoms with E-state index in [-0.39, 0.29) is 35.8 Å². The molecule has 11 nitrogen and oxygen atoms in total. The lowest BCUT2D eigenvalue weighted by Crippen LogP contribution is -2.57. The normalized spacial score (nSPS) is 24.5. The number of methoxy groups -OCH3 is 6. The van der Waals surface area contributed by atoms with E-state index in [0.29, 0.717) is 36.6 Å². The van der Waals surface area contributed by atoms with Gasteiger partial charge < -0.3 is 38.1 Å². The Labute approximate surface area is 268 Å². The van der Waals surface area contributed by atoms with Crippen molar-refractivity contribution in [2.24, 2.45) is 22.7 Å². The number of carbonyl (C=O) groups excluding carboxylic acids is 2. The first-order chi connectivity index (χ1) is 21.3. The summed E-state index contributed by atoms with van der Waals surface area (Å²) in [5, 5.41) is 2.05. The largest absolute Gasteiger partial charge is 0.497 e. The Morgan fingerprint density at radius 2 is 1.67 bits per heavy atom. The highest BCUT2D eigenvalue weighted by Crippen LogP contribution is 2.49. The zero-order valence-electron chi connectivity index (χ0n) is 26.3. The van der Waals surface area contributed by atoms with E-state index in [1.54, 1.807) is 26.4 Å². The van der Waals surface area contributed by atoms with Gasteiger partial charge in [0.1, 0.15) is 18.0 Å². The van der Waals surface area contributed by atoms with Crippen LogP contribution in [0.5, 0.6) is 23.0 Å². The van der Waals surface area contributed by atoms with Crippen LogP contribution in [-0.4, -0.2) is 84.8 Å². The Morgan fingerprint density at radius 3 is 2.29 bits per heavy atom. The average molecular weight is 643 g/mol. The van der Waals surface area contributed by atoms with Crippen LogP contribution in [0.15, 0.2) is 46.7 Å². The molecule has 0 N–H and O–H groups in total. The van der Waals surface area contributed by atoms with Crippen LogP contribution >= 0.6 is 12.4 Å². The number of piperidine rings is 1. The van der Waals surface area contributed by atoms with Crippen LogP contribution in [0, 0.1) is 17.8 Å². The zero-order chi connectivity index (χ0) is 31.1. The number of fused-ring (bicyclic) bond motifs is 4. The molecule has 3 aliphatic heterocycles. The Morgan fingerprint density at radius 1 is 0.933 bits per heavy atom. The summed E-state index contributed by atoms with van der Waals surface area (Å²) in [5.41, 5.74) is 3.60. The molecule has 0 unspecified atom stereocenters. The molecule has 4 aliphatic rings. The first-order valence-electron chi connectivity index (χ1n) is 14.7. The number of benzene rings is 2. The Kier molecular flexibility index (Phi) is 9.50. The molecule has 0 radical (unpaired) electrons. The van der Waals surface area contributed by atoms with Gasteiger partial charge in [-0.1, -0.05) is 0 Å². The molecule has 2 fully saturated rings. The standard InChI is InChI=1S/C33H38N2O9.ClH/c1-38-19-7-8-20-21-9-10-35-16-18-13-27(44-32(36)17-11-25(39-2)30(41-4)26(12-17)40-3)31(42-5)28(33(37)43-6)22(18)15-24(35)29(21)34-23(20)14-19;/h7-8,11-12,14,18,22,27-28,31H,9-10,13,15-16H2,1-6H3;1H/t18-,22+,27-,28+,31+;/m1./s1. The van der Waals surface area contributed by atoms with Gasteiger partial charge in [0.15, 0.2) is 11.5 Å². The summed E-state index contributed by atoms with van der Waals surface area (Å²) in [6, 6.07) is 9.11. The summed E-state index contributed by atoms with van der Waals surface area (Å²) in [5.74, 6) is 0.224. The predicted octanol–water partition coefficient (Wildman–Crippen LogP) is 2.91. The van der Waals surface area contributed by atoms with E-state index in [0.717, 1.165) is 40.7 Å². The molecule has 0 amide bonds. The van der Waals surface area contributed by atoms with Gasteiger partial charge in [0.2, 0.25) is 5.75 Å². The van der Waals surface area contributed by atoms with E-state index >= 15 is 0 Å². The third-order valence-electron chi connectivity index (χ3n) is 9.45. The third kappa shape index (κ3) is 5.56. The van der Waals surface area contributed by atoms with Crippen LogP contribution in [0.25, 0.3) is 5.57 Å². The molecule has 2 aromatic carbocycles. The van der Waals surface area contributed by atoms with Crippen molar-refractivity contribution in [2.45, 2.75) is 31.5 Å². The van der Waals surface area contributed by atoms with Crippen molar-refractivity contribution < 1.29 is 42.7 Å². The molecular formula is C33H39ClN2O9. The van der Waals surface area contributed by atoms with E-state index in [1.807, 2.05) is 12.1 Å². The van der Waals surface area contributed by atoms with Crippen LogP contribution in [0.2, 0.25) is 0 Å². The van der Waals surface area contributed by atoms with E-state index in [2.05, 4.69) is 11.0 Å². The Bertz CT molecular complexity index is 1620. The highest BCUT2D eigenvalue weighted by molar-refractivity contribution is 5.91. The molecule has 1 saturated carbocycles. The lowest BCUT2D eigenvalue weighted by Gasteiger charge is -2.51. The molecule has 0 bridgehead atoms. The number of ether oxygens (including phenoxy) is 7. The Balaban J connectivity index is 0.00000400. The van der Waals surface area contributed by atoms with Gasteiger partial charge in [-0.2, -0.15) is 0 Å². The quantitative estimate of drug-likeness (QED) is 0.398. The molecule has 1 saturated heterocycles. The fraction of sp³-hybridized carbons (Fsp3) is 0.485. The van der Waals surface area contributed by atoms with Crippen molar-refractivity contribution in [3.8, 4) is 23.0 Å². The van der Waals surface area contributed by atoms with Crippen LogP contribution in [0.1, 0.15) is 29.6 Å². The van der Waals surface area contributed by atoms with E-state index in [4.69, 9.17) is 38.2 Å². The number of allylic oxidation sites excluding steroid dienone is 2. The van der Waals surface area contributed by atoms with Gasteiger partial charge in [0.05, 0.1) is 58.1 Å². The Hall–Kier alpha value is -3.96. The number of hydrogen-bond acceptors (Lipinski definition) is 11. The van der Waals surface area contributed by atoms with Gasteiger partial charge in [-0.05, 0) is 60.9 Å². The maximum absolute atomic E-state index is 13.5. The van der Waals surface area contributed by atoms with Crippen molar-refractivity contribution in [1.29, 1.82) is 0 Å². The average Bonchev–Trinajstić information content (AvgIpc) is 3.43. The van der Waals surface area contributed by atoms with E-state index in [9.17, 15) is 9.59 Å². The van der Waals surface area contributed by atoms with Gasteiger partial charge in [-0.3, -0.25) is 4.79 Å². The first-order valence-corrected chi connectivity index (χ1v) is 14.7. The maximum atomic E-state index is 13.5. The number of halogens is 1. The van der Waals surface area contributed by atoms with Gasteiger partial charge in [0, 0.05) is 37.2 Å². The molecule has 12 heteroatoms. The second-order valence-electron chi connectivity index (χ2n) is 11.4. The first kappa shape index (κ1) is 32.4. The molecule has 0 spiro atoms. The van der Waals surface area contributed by atoms with Crippen LogP contribution < -0.4 is 29.5 Å². The van der Waals surface area contributed by atoms with Gasteiger partial charge in [-0.15, -0.1) is 12.4 Å². The molecular weight excluding hydrogens is 604 g/mol. The minimum absolute atomic E-state index is 0. The van der Waals surface area contributed by atoms with Gasteiger partial charge >= 0.3 is 11.9 Å². The highest BCUT2D eigenvalue weighted by Gasteiger charge is 2.53. The van der Waals surface area contributed by atoms with Crippen LogP contribution in [-0.2, 0) is 19.0 Å². The lowest BCUT2D eigenvalue weighted by atomic mass is 9.64. The van der Waals surface area contributed by atoms with Crippen molar-refractivity contribution in [3.05, 3.63) is 57.9 Å². The van der Waals surface area contributed by atoms with Crippen molar-refractivity contribution in [3.63, 3.8) is 0 Å². The van der Waals surface area contributed by atoms with Crippen molar-refractivity contribution in [1.82, 2.24) is 4.90 Å². The van der Waals surface area contributed by atoms with E-state index < -0.39 is 24.1 Å². The molecule has 2 aromatic rings. The SMILES string of the molecule is COC(=O)[C@H]1[C@H]2CC3=C4N=c5cc(OC)ccc5=C4CCN3C[C@H]2C[C@@H](OC(=O)c2cc(OC)c(OC)c(OC)c2)[C@@H]1OC.Cl. The highest BCUT2D eigenvalue weighted by atomic mass is 35.5. The lowest BCUT2D eigenvalue weighted by molar-refractivity contribution is -0.172. The van der Waals surface area contributed by atoms with E-state index in [1.165, 1.54) is 34.0 Å². The van der Waals surface area contributed by atoms with Crippen LogP contribution in [0.3, 0.4) is 0 Å². The number of carbonyl (C=O) groups is 2. The third-order valence-corrected chi connectivity index (χ3v) is 9.45. The van der Waals surface area contributed by atoms with Crippen LogP contribution in [0.4, 0.5) is 0 Å². The summed E-state index contributed by atoms with van der Waals surface area (Å²) in [6.45, 7) is 1.57. The summed E-state index contributed by atoms with van der Waals surface area (Å²) in [6.07, 6.45) is 0.689. The number of rotatable bonds is 8. The summed E-state index contributed by atoms with van der Waals surface area (Å²) < 4.78 is 39.0. The van der Waals surface area contributed by atoms with Crippen molar-refractivity contribution >= 4 is 29.9 Å². The summed E-state index contributed by atoms with van der Waals surface area (Å²) in [7, 11) is 9.04. The number of hydrogen-bond donors (Lipinski definition) is 0. The second-order valence-corrected chi connectivity index (χ2v) is 11.4. The molecule has 0 aromatic heterocycles. The topological polar surface area (TPSA) is 114 Å². The van der Waals surface area contributed by atoms with Gasteiger partial charge in [-0.25, -0.2) is 9.79 Å². The minimum atomic E-state index is -0.694. The predicted molar refractivity (Wildman–Crippen MR) is 165 cm³/mol. The number of esters is 2. The van der Waals surface area contributed by atoms with Gasteiger partial charge in [0.25, 0.3) is 0 Å². The molecule has 6 rings (SSSR count). The molecule has 1 aliphatic carbocycles. The maximum Gasteiger partial charge on any atom is 0.338 e.